The maximum Gasteiger partial charge on any atom is 0.248 e. The van der Waals surface area contributed by atoms with E-state index >= 15 is 0 Å². The average Bonchev–Trinajstić information content (AvgIpc) is 3.52. The van der Waals surface area contributed by atoms with Crippen molar-refractivity contribution in [2.45, 2.75) is 25.8 Å². The van der Waals surface area contributed by atoms with Crippen molar-refractivity contribution in [3.8, 4) is 0 Å². The van der Waals surface area contributed by atoms with E-state index in [-0.39, 0.29) is 30.4 Å². The third kappa shape index (κ3) is 5.56. The molecule has 1 saturated carbocycles. The van der Waals surface area contributed by atoms with Crippen LogP contribution in [0.1, 0.15) is 24.0 Å². The van der Waals surface area contributed by atoms with Crippen molar-refractivity contribution in [1.29, 1.82) is 0 Å². The van der Waals surface area contributed by atoms with E-state index in [0.717, 1.165) is 52.1 Å². The lowest BCUT2D eigenvalue weighted by Crippen LogP contribution is -2.43. The van der Waals surface area contributed by atoms with Crippen molar-refractivity contribution in [3.63, 3.8) is 0 Å². The van der Waals surface area contributed by atoms with Crippen molar-refractivity contribution in [3.05, 3.63) is 35.4 Å². The number of morpholine rings is 1. The van der Waals surface area contributed by atoms with Crippen LogP contribution in [0.4, 0.5) is 0 Å². The van der Waals surface area contributed by atoms with Crippen LogP contribution in [0.2, 0.25) is 0 Å². The molecule has 1 aromatic carbocycles. The van der Waals surface area contributed by atoms with Crippen LogP contribution in [0, 0.1) is 5.41 Å². The van der Waals surface area contributed by atoms with Gasteiger partial charge in [-0.15, -0.1) is 0 Å². The molecule has 7 nitrogen and oxygen atoms in total. The third-order valence-corrected chi connectivity index (χ3v) is 6.22. The summed E-state index contributed by atoms with van der Waals surface area (Å²) in [6.07, 6.45) is 3.18. The number of carbonyl (C=O) groups is 2. The van der Waals surface area contributed by atoms with Crippen LogP contribution in [0.3, 0.4) is 0 Å². The Morgan fingerprint density at radius 3 is 2.59 bits per heavy atom. The predicted molar refractivity (Wildman–Crippen MR) is 108 cm³/mol. The first kappa shape index (κ1) is 20.3. The maximum absolute atomic E-state index is 12.4. The molecule has 0 aromatic heterocycles. The molecule has 1 aliphatic carbocycles. The summed E-state index contributed by atoms with van der Waals surface area (Å²) >= 11 is 0. The molecule has 0 bridgehead atoms. The zero-order valence-electron chi connectivity index (χ0n) is 17.0. The fourth-order valence-electron chi connectivity index (χ4n) is 4.17. The van der Waals surface area contributed by atoms with Gasteiger partial charge in [-0.05, 0) is 30.4 Å². The highest BCUT2D eigenvalue weighted by Crippen LogP contribution is 2.45. The second-order valence-corrected chi connectivity index (χ2v) is 8.49. The molecule has 158 valence electrons. The lowest BCUT2D eigenvalue weighted by molar-refractivity contribution is -0.139. The molecule has 7 heteroatoms. The summed E-state index contributed by atoms with van der Waals surface area (Å²) in [5.74, 6) is -0.201. The number of ether oxygens (including phenoxy) is 2. The van der Waals surface area contributed by atoms with Crippen molar-refractivity contribution in [2.75, 3.05) is 59.2 Å². The Morgan fingerprint density at radius 1 is 1.07 bits per heavy atom. The van der Waals surface area contributed by atoms with Gasteiger partial charge in [0.15, 0.2) is 0 Å². The van der Waals surface area contributed by atoms with E-state index in [2.05, 4.69) is 22.3 Å². The highest BCUT2D eigenvalue weighted by Gasteiger charge is 2.44. The molecule has 1 N–H and O–H groups in total. The molecule has 1 aromatic rings. The molecule has 0 unspecified atom stereocenters. The molecule has 2 amide bonds. The minimum Gasteiger partial charge on any atom is -0.379 e. The van der Waals surface area contributed by atoms with Crippen LogP contribution in [0.15, 0.2) is 24.3 Å². The molecule has 1 saturated heterocycles. The van der Waals surface area contributed by atoms with Gasteiger partial charge in [0.1, 0.15) is 13.2 Å². The zero-order valence-corrected chi connectivity index (χ0v) is 17.0. The Hall–Kier alpha value is -1.96. The van der Waals surface area contributed by atoms with E-state index in [1.807, 2.05) is 17.0 Å². The summed E-state index contributed by atoms with van der Waals surface area (Å²) in [6, 6.07) is 8.21. The van der Waals surface area contributed by atoms with E-state index in [9.17, 15) is 9.59 Å². The number of hydrogen-bond donors (Lipinski definition) is 1. The number of nitrogens with one attached hydrogen (secondary N) is 1. The maximum atomic E-state index is 12.4. The lowest BCUT2D eigenvalue weighted by atomic mass is 10.00. The fourth-order valence-corrected chi connectivity index (χ4v) is 4.17. The van der Waals surface area contributed by atoms with Gasteiger partial charge in [0.2, 0.25) is 11.8 Å². The van der Waals surface area contributed by atoms with Crippen LogP contribution in [-0.4, -0.2) is 80.8 Å². The zero-order chi connectivity index (χ0) is 20.1. The molecular formula is C22H31N3O4. The smallest absolute Gasteiger partial charge is 0.248 e. The number of benzene rings is 1. The first-order valence-corrected chi connectivity index (χ1v) is 10.6. The molecule has 4 rings (SSSR count). The van der Waals surface area contributed by atoms with Gasteiger partial charge in [-0.3, -0.25) is 14.5 Å². The molecule has 3 aliphatic rings. The topological polar surface area (TPSA) is 71.1 Å². The average molecular weight is 402 g/mol. The molecule has 2 fully saturated rings. The summed E-state index contributed by atoms with van der Waals surface area (Å²) in [6.45, 7) is 6.46. The minimum atomic E-state index is -0.143. The number of rotatable bonds is 8. The molecular weight excluding hydrogens is 370 g/mol. The Kier molecular flexibility index (Phi) is 6.47. The van der Waals surface area contributed by atoms with E-state index < -0.39 is 0 Å². The number of amides is 2. The summed E-state index contributed by atoms with van der Waals surface area (Å²) in [5.41, 5.74) is 2.71. The van der Waals surface area contributed by atoms with Crippen LogP contribution >= 0.6 is 0 Å². The summed E-state index contributed by atoms with van der Waals surface area (Å²) in [5, 5.41) is 2.99. The number of hydrogen-bond acceptors (Lipinski definition) is 5. The number of nitrogens with zero attached hydrogens (tertiary/aromatic N) is 2. The Balaban J connectivity index is 1.13. The Labute approximate surface area is 172 Å². The van der Waals surface area contributed by atoms with Gasteiger partial charge in [0.25, 0.3) is 0 Å². The second-order valence-electron chi connectivity index (χ2n) is 8.49. The van der Waals surface area contributed by atoms with Crippen LogP contribution < -0.4 is 5.32 Å². The Morgan fingerprint density at radius 2 is 1.83 bits per heavy atom. The van der Waals surface area contributed by atoms with E-state index in [1.54, 1.807) is 0 Å². The summed E-state index contributed by atoms with van der Waals surface area (Å²) < 4.78 is 10.8. The summed E-state index contributed by atoms with van der Waals surface area (Å²) in [4.78, 5) is 28.8. The van der Waals surface area contributed by atoms with E-state index in [0.29, 0.717) is 19.6 Å². The van der Waals surface area contributed by atoms with Crippen molar-refractivity contribution < 1.29 is 19.1 Å². The SMILES string of the molecule is O=C(COCC(=O)N1CCc2ccccc2C1)NCC1(CN2CCOCC2)CC1. The standard InChI is InChI=1S/C22H31N3O4/c26-20(23-16-22(6-7-22)17-24-9-11-28-12-10-24)14-29-15-21(27)25-8-5-18-3-1-2-4-19(18)13-25/h1-4H,5-17H2,(H,23,26). The Bertz CT molecular complexity index is 729. The lowest BCUT2D eigenvalue weighted by Gasteiger charge is -2.30. The van der Waals surface area contributed by atoms with Crippen molar-refractivity contribution in [2.24, 2.45) is 5.41 Å². The predicted octanol–water partition coefficient (Wildman–Crippen LogP) is 0.817. The first-order valence-electron chi connectivity index (χ1n) is 10.6. The van der Waals surface area contributed by atoms with Crippen LogP contribution in [0.5, 0.6) is 0 Å². The van der Waals surface area contributed by atoms with Crippen LogP contribution in [0.25, 0.3) is 0 Å². The number of fused-ring (bicyclic) bond motifs is 1. The van der Waals surface area contributed by atoms with E-state index in [4.69, 9.17) is 9.47 Å². The van der Waals surface area contributed by atoms with Crippen molar-refractivity contribution in [1.82, 2.24) is 15.1 Å². The van der Waals surface area contributed by atoms with Gasteiger partial charge >= 0.3 is 0 Å². The molecule has 0 spiro atoms. The van der Waals surface area contributed by atoms with Gasteiger partial charge < -0.3 is 19.7 Å². The molecule has 2 aliphatic heterocycles. The monoisotopic (exact) mass is 401 g/mol. The van der Waals surface area contributed by atoms with Gasteiger partial charge in [-0.1, -0.05) is 24.3 Å². The number of carbonyl (C=O) groups excluding carboxylic acids is 2. The molecule has 29 heavy (non-hydrogen) atoms. The normalized spacial score (nSPS) is 20.8. The van der Waals surface area contributed by atoms with Gasteiger partial charge in [0, 0.05) is 44.7 Å². The molecule has 0 atom stereocenters. The van der Waals surface area contributed by atoms with Gasteiger partial charge in [-0.2, -0.15) is 0 Å². The summed E-state index contributed by atoms with van der Waals surface area (Å²) in [7, 11) is 0. The molecule has 0 radical (unpaired) electrons. The third-order valence-electron chi connectivity index (χ3n) is 6.22. The van der Waals surface area contributed by atoms with Gasteiger partial charge in [0.05, 0.1) is 13.2 Å². The fraction of sp³-hybridized carbons (Fsp3) is 0.636. The molecule has 2 heterocycles. The highest BCUT2D eigenvalue weighted by atomic mass is 16.5. The van der Waals surface area contributed by atoms with E-state index in [1.165, 1.54) is 11.1 Å². The largest absolute Gasteiger partial charge is 0.379 e. The van der Waals surface area contributed by atoms with Gasteiger partial charge in [-0.25, -0.2) is 0 Å². The van der Waals surface area contributed by atoms with Crippen molar-refractivity contribution >= 4 is 11.8 Å². The first-order chi connectivity index (χ1) is 14.1. The second kappa shape index (κ2) is 9.24. The quantitative estimate of drug-likeness (QED) is 0.698. The minimum absolute atomic E-state index is 0.0471. The highest BCUT2D eigenvalue weighted by molar-refractivity contribution is 5.80. The van der Waals surface area contributed by atoms with Crippen LogP contribution in [-0.2, 0) is 32.0 Å².